The molecule has 0 saturated carbocycles. The Labute approximate surface area is 109 Å². The molecule has 0 spiro atoms. The van der Waals surface area contributed by atoms with Gasteiger partial charge >= 0.3 is 5.97 Å². The Hall–Kier alpha value is -2.56. The molecule has 5 nitrogen and oxygen atoms in total. The molecule has 0 aliphatic carbocycles. The van der Waals surface area contributed by atoms with Gasteiger partial charge in [-0.3, -0.25) is 0 Å². The van der Waals surface area contributed by atoms with Crippen molar-refractivity contribution in [3.63, 3.8) is 0 Å². The van der Waals surface area contributed by atoms with Gasteiger partial charge in [0.25, 0.3) is 0 Å². The SMILES string of the molecule is O=C(O)c1ncccc1-c1ccc2c(c1)OCCO2. The second-order valence-corrected chi connectivity index (χ2v) is 4.06. The summed E-state index contributed by atoms with van der Waals surface area (Å²) in [4.78, 5) is 15.1. The van der Waals surface area contributed by atoms with Gasteiger partial charge in [-0.2, -0.15) is 0 Å². The first kappa shape index (κ1) is 11.5. The van der Waals surface area contributed by atoms with Crippen LogP contribution in [0.4, 0.5) is 0 Å². The van der Waals surface area contributed by atoms with Gasteiger partial charge in [0.1, 0.15) is 13.2 Å². The van der Waals surface area contributed by atoms with Gasteiger partial charge in [0, 0.05) is 11.8 Å². The van der Waals surface area contributed by atoms with E-state index < -0.39 is 5.97 Å². The first-order chi connectivity index (χ1) is 9.25. The van der Waals surface area contributed by atoms with Gasteiger partial charge < -0.3 is 14.6 Å². The highest BCUT2D eigenvalue weighted by Crippen LogP contribution is 2.35. The summed E-state index contributed by atoms with van der Waals surface area (Å²) in [7, 11) is 0. The van der Waals surface area contributed by atoms with Gasteiger partial charge in [-0.25, -0.2) is 9.78 Å². The molecule has 1 aliphatic rings. The molecule has 0 saturated heterocycles. The van der Waals surface area contributed by atoms with E-state index in [2.05, 4.69) is 4.98 Å². The predicted octanol–water partition coefficient (Wildman–Crippen LogP) is 2.22. The molecule has 2 heterocycles. The molecule has 0 bridgehead atoms. The number of hydrogen-bond acceptors (Lipinski definition) is 4. The molecular weight excluding hydrogens is 246 g/mol. The van der Waals surface area contributed by atoms with Crippen LogP contribution >= 0.6 is 0 Å². The molecule has 1 aliphatic heterocycles. The minimum absolute atomic E-state index is 0.0270. The molecule has 1 aromatic carbocycles. The fraction of sp³-hybridized carbons (Fsp3) is 0.143. The minimum atomic E-state index is -1.05. The highest BCUT2D eigenvalue weighted by Gasteiger charge is 2.16. The van der Waals surface area contributed by atoms with Gasteiger partial charge in [-0.1, -0.05) is 12.1 Å². The van der Waals surface area contributed by atoms with Crippen molar-refractivity contribution in [1.29, 1.82) is 0 Å². The molecule has 2 aromatic rings. The number of nitrogens with zero attached hydrogens (tertiary/aromatic N) is 1. The molecule has 5 heteroatoms. The Bertz CT molecular complexity index is 639. The summed E-state index contributed by atoms with van der Waals surface area (Å²) in [5.41, 5.74) is 1.33. The van der Waals surface area contributed by atoms with Crippen LogP contribution < -0.4 is 9.47 Å². The average Bonchev–Trinajstić information content (AvgIpc) is 2.46. The Morgan fingerprint density at radius 1 is 1.16 bits per heavy atom. The number of carbonyl (C=O) groups is 1. The summed E-state index contributed by atoms with van der Waals surface area (Å²) in [6.45, 7) is 1.02. The van der Waals surface area contributed by atoms with Crippen LogP contribution in [0.5, 0.6) is 11.5 Å². The Morgan fingerprint density at radius 2 is 1.95 bits per heavy atom. The molecule has 3 rings (SSSR count). The average molecular weight is 257 g/mol. The topological polar surface area (TPSA) is 68.7 Å². The summed E-state index contributed by atoms with van der Waals surface area (Å²) in [5.74, 6) is 0.255. The van der Waals surface area contributed by atoms with Crippen LogP contribution in [0.2, 0.25) is 0 Å². The monoisotopic (exact) mass is 257 g/mol. The van der Waals surface area contributed by atoms with E-state index in [-0.39, 0.29) is 5.69 Å². The number of pyridine rings is 1. The van der Waals surface area contributed by atoms with Gasteiger partial charge in [-0.15, -0.1) is 0 Å². The van der Waals surface area contributed by atoms with Crippen molar-refractivity contribution in [2.75, 3.05) is 13.2 Å². The van der Waals surface area contributed by atoms with E-state index in [1.807, 2.05) is 0 Å². The van der Waals surface area contributed by atoms with E-state index >= 15 is 0 Å². The molecule has 0 radical (unpaired) electrons. The maximum atomic E-state index is 11.2. The number of ether oxygens (including phenoxy) is 2. The molecule has 1 aromatic heterocycles. The first-order valence-electron chi connectivity index (χ1n) is 5.84. The lowest BCUT2D eigenvalue weighted by atomic mass is 10.0. The van der Waals surface area contributed by atoms with E-state index in [1.165, 1.54) is 6.20 Å². The van der Waals surface area contributed by atoms with Gasteiger partial charge in [0.2, 0.25) is 0 Å². The van der Waals surface area contributed by atoms with Crippen molar-refractivity contribution in [3.8, 4) is 22.6 Å². The lowest BCUT2D eigenvalue weighted by molar-refractivity contribution is 0.0691. The Morgan fingerprint density at radius 3 is 2.74 bits per heavy atom. The normalized spacial score (nSPS) is 13.1. The number of fused-ring (bicyclic) bond motifs is 1. The van der Waals surface area contributed by atoms with Crippen LogP contribution in [0.1, 0.15) is 10.5 Å². The number of carboxylic acids is 1. The second kappa shape index (κ2) is 4.61. The number of hydrogen-bond donors (Lipinski definition) is 1. The van der Waals surface area contributed by atoms with Crippen LogP contribution in [0.25, 0.3) is 11.1 Å². The van der Waals surface area contributed by atoms with Crippen molar-refractivity contribution in [2.24, 2.45) is 0 Å². The quantitative estimate of drug-likeness (QED) is 0.893. The van der Waals surface area contributed by atoms with E-state index in [4.69, 9.17) is 14.6 Å². The smallest absolute Gasteiger partial charge is 0.355 e. The highest BCUT2D eigenvalue weighted by atomic mass is 16.6. The number of carboxylic acid groups (broad SMARTS) is 1. The largest absolute Gasteiger partial charge is 0.486 e. The fourth-order valence-electron chi connectivity index (χ4n) is 2.02. The maximum Gasteiger partial charge on any atom is 0.355 e. The van der Waals surface area contributed by atoms with Crippen molar-refractivity contribution in [3.05, 3.63) is 42.2 Å². The molecule has 1 N–H and O–H groups in total. The van der Waals surface area contributed by atoms with Crippen LogP contribution in [0, 0.1) is 0 Å². The minimum Gasteiger partial charge on any atom is -0.486 e. The first-order valence-corrected chi connectivity index (χ1v) is 5.84. The van der Waals surface area contributed by atoms with Crippen molar-refractivity contribution in [2.45, 2.75) is 0 Å². The number of aromatic carboxylic acids is 1. The lowest BCUT2D eigenvalue weighted by Gasteiger charge is -2.19. The van der Waals surface area contributed by atoms with Crippen molar-refractivity contribution >= 4 is 5.97 Å². The summed E-state index contributed by atoms with van der Waals surface area (Å²) in [6.07, 6.45) is 1.46. The Kier molecular flexibility index (Phi) is 2.79. The second-order valence-electron chi connectivity index (χ2n) is 4.06. The number of rotatable bonds is 2. The van der Waals surface area contributed by atoms with Crippen LogP contribution in [0.15, 0.2) is 36.5 Å². The molecule has 19 heavy (non-hydrogen) atoms. The zero-order valence-corrected chi connectivity index (χ0v) is 10.00. The number of benzene rings is 1. The maximum absolute atomic E-state index is 11.2. The lowest BCUT2D eigenvalue weighted by Crippen LogP contribution is -2.15. The molecule has 0 amide bonds. The Balaban J connectivity index is 2.10. The van der Waals surface area contributed by atoms with E-state index in [1.54, 1.807) is 30.3 Å². The zero-order valence-electron chi connectivity index (χ0n) is 10.00. The molecule has 96 valence electrons. The van der Waals surface area contributed by atoms with Crippen molar-refractivity contribution < 1.29 is 19.4 Å². The summed E-state index contributed by atoms with van der Waals surface area (Å²) in [6, 6.07) is 8.79. The third kappa shape index (κ3) is 2.10. The van der Waals surface area contributed by atoms with Gasteiger partial charge in [0.05, 0.1) is 0 Å². The third-order valence-electron chi connectivity index (χ3n) is 2.86. The standard InChI is InChI=1S/C14H11NO4/c16-14(17)13-10(2-1-5-15-13)9-3-4-11-12(8-9)19-7-6-18-11/h1-5,8H,6-7H2,(H,16,17). The van der Waals surface area contributed by atoms with Crippen LogP contribution in [0.3, 0.4) is 0 Å². The fourth-order valence-corrected chi connectivity index (χ4v) is 2.02. The van der Waals surface area contributed by atoms with E-state index in [0.29, 0.717) is 30.3 Å². The number of aromatic nitrogens is 1. The summed E-state index contributed by atoms with van der Waals surface area (Å²) in [5, 5.41) is 9.15. The van der Waals surface area contributed by atoms with Crippen LogP contribution in [-0.4, -0.2) is 29.3 Å². The molecule has 0 unspecified atom stereocenters. The zero-order chi connectivity index (χ0) is 13.2. The summed E-state index contributed by atoms with van der Waals surface area (Å²) < 4.78 is 10.9. The molecule has 0 atom stereocenters. The van der Waals surface area contributed by atoms with Crippen molar-refractivity contribution in [1.82, 2.24) is 4.98 Å². The van der Waals surface area contributed by atoms with E-state index in [9.17, 15) is 4.79 Å². The predicted molar refractivity (Wildman–Crippen MR) is 67.6 cm³/mol. The third-order valence-corrected chi connectivity index (χ3v) is 2.86. The van der Waals surface area contributed by atoms with Gasteiger partial charge in [0.15, 0.2) is 17.2 Å². The summed E-state index contributed by atoms with van der Waals surface area (Å²) >= 11 is 0. The van der Waals surface area contributed by atoms with E-state index in [0.717, 1.165) is 5.56 Å². The van der Waals surface area contributed by atoms with Gasteiger partial charge in [-0.05, 0) is 23.8 Å². The highest BCUT2D eigenvalue weighted by molar-refractivity contribution is 5.94. The molecule has 0 fully saturated rings. The van der Waals surface area contributed by atoms with Crippen LogP contribution in [-0.2, 0) is 0 Å². The molecular formula is C14H11NO4.